The van der Waals surface area contributed by atoms with Gasteiger partial charge in [-0.3, -0.25) is 0 Å². The highest BCUT2D eigenvalue weighted by Gasteiger charge is 2.50. The Balaban J connectivity index is 1.19. The fraction of sp³-hybridized carbons (Fsp3) is 1.00. The molecule has 0 aliphatic carbocycles. The summed E-state index contributed by atoms with van der Waals surface area (Å²) in [5.41, 5.74) is 0. The van der Waals surface area contributed by atoms with E-state index in [9.17, 15) is 71.5 Å². The minimum Gasteiger partial charge on any atom is -0.394 e. The number of ether oxygens (including phenoxy) is 12. The van der Waals surface area contributed by atoms with Crippen LogP contribution >= 0.6 is 0 Å². The molecule has 0 aromatic rings. The molecule has 5 aliphatic heterocycles. The molecular formula is C43H78O26. The van der Waals surface area contributed by atoms with Crippen LogP contribution in [0.2, 0.25) is 0 Å². The maximum atomic E-state index is 11.5. The van der Waals surface area contributed by atoms with E-state index in [0.717, 1.165) is 0 Å². The number of aliphatic hydroxyl groups excluding tert-OH is 14. The van der Waals surface area contributed by atoms with E-state index in [2.05, 4.69) is 0 Å². The topological polar surface area (TPSA) is 394 Å². The van der Waals surface area contributed by atoms with Crippen LogP contribution in [0.25, 0.3) is 0 Å². The molecule has 26 nitrogen and oxygen atoms in total. The highest BCUT2D eigenvalue weighted by Crippen LogP contribution is 2.33. The van der Waals surface area contributed by atoms with Gasteiger partial charge < -0.3 is 128 Å². The van der Waals surface area contributed by atoms with Gasteiger partial charge in [0.05, 0.1) is 160 Å². The molecule has 5 fully saturated rings. The van der Waals surface area contributed by atoms with Crippen molar-refractivity contribution in [2.24, 2.45) is 29.6 Å². The molecule has 0 amide bonds. The summed E-state index contributed by atoms with van der Waals surface area (Å²) in [5, 5.41) is 149. The van der Waals surface area contributed by atoms with Gasteiger partial charge in [-0.05, 0) is 0 Å². The molecule has 5 rings (SSSR count). The lowest BCUT2D eigenvalue weighted by atomic mass is 9.86. The van der Waals surface area contributed by atoms with Gasteiger partial charge in [0.15, 0.2) is 0 Å². The van der Waals surface area contributed by atoms with Crippen LogP contribution in [-0.4, -0.2) is 314 Å². The molecule has 0 saturated carbocycles. The van der Waals surface area contributed by atoms with Crippen LogP contribution in [-0.2, 0) is 56.8 Å². The van der Waals surface area contributed by atoms with Crippen molar-refractivity contribution in [3.63, 3.8) is 0 Å². The summed E-state index contributed by atoms with van der Waals surface area (Å²) in [6.07, 6.45) is -24.8. The molecule has 0 bridgehead atoms. The van der Waals surface area contributed by atoms with Crippen molar-refractivity contribution in [2.45, 2.75) is 122 Å². The van der Waals surface area contributed by atoms with Crippen molar-refractivity contribution in [3.05, 3.63) is 0 Å². The van der Waals surface area contributed by atoms with Gasteiger partial charge in [-0.25, -0.2) is 0 Å². The normalized spacial score (nSPS) is 45.4. The van der Waals surface area contributed by atoms with Crippen LogP contribution in [0.5, 0.6) is 0 Å². The highest BCUT2D eigenvalue weighted by molar-refractivity contribution is 4.97. The third-order valence-electron chi connectivity index (χ3n) is 14.1. The summed E-state index contributed by atoms with van der Waals surface area (Å²) in [6, 6.07) is 0. The molecule has 5 heterocycles. The Bertz CT molecular complexity index is 1420. The molecule has 0 aromatic carbocycles. The second-order valence-corrected chi connectivity index (χ2v) is 18.5. The molecule has 0 radical (unpaired) electrons. The molecule has 69 heavy (non-hydrogen) atoms. The number of rotatable bonds is 26. The van der Waals surface area contributed by atoms with Crippen LogP contribution in [0.15, 0.2) is 0 Å². The van der Waals surface area contributed by atoms with E-state index < -0.39 is 185 Å². The van der Waals surface area contributed by atoms with Crippen LogP contribution in [0.3, 0.4) is 0 Å². The van der Waals surface area contributed by atoms with Crippen LogP contribution < -0.4 is 0 Å². The van der Waals surface area contributed by atoms with Crippen LogP contribution in [0.1, 0.15) is 0 Å². The molecule has 406 valence electrons. The molecule has 25 unspecified atom stereocenters. The summed E-state index contributed by atoms with van der Waals surface area (Å²) < 4.78 is 68.1. The van der Waals surface area contributed by atoms with E-state index in [1.807, 2.05) is 0 Å². The standard InChI is InChI=1S/C43H78O26/c1-58-8-19-24(4-44)66-30(40(54)34(19)48)16-63-12-23-28(14-64-18-32-41(55)35(49)20(9-59-2)25(5-45)67-32)69-33(43(57)38(23)52)17-62-11-22-27(7-47)68-31(42(56)37(22)51)15-61-10-21-26(6-46)65-29(13-60-3)39(53)36(21)50/h19-57H,4-18H2,1-3H3. The number of hydrogen-bond donors (Lipinski definition) is 14. The molecule has 25 atom stereocenters. The van der Waals surface area contributed by atoms with Crippen LogP contribution in [0.4, 0.5) is 0 Å². The van der Waals surface area contributed by atoms with Crippen molar-refractivity contribution in [3.8, 4) is 0 Å². The fourth-order valence-electron chi connectivity index (χ4n) is 9.90. The summed E-state index contributed by atoms with van der Waals surface area (Å²) in [4.78, 5) is 0. The van der Waals surface area contributed by atoms with Gasteiger partial charge in [-0.15, -0.1) is 0 Å². The van der Waals surface area contributed by atoms with Crippen molar-refractivity contribution < 1.29 is 128 Å². The first-order valence-electron chi connectivity index (χ1n) is 23.4. The molecule has 5 aliphatic rings. The third kappa shape index (κ3) is 14.4. The van der Waals surface area contributed by atoms with Gasteiger partial charge in [0, 0.05) is 50.9 Å². The molecule has 0 aromatic heterocycles. The predicted octanol–water partition coefficient (Wildman–Crippen LogP) is -8.51. The molecule has 0 spiro atoms. The van der Waals surface area contributed by atoms with E-state index in [4.69, 9.17) is 56.8 Å². The Morgan fingerprint density at radius 2 is 0.449 bits per heavy atom. The SMILES string of the molecule is COCC1OC(CO)C(COCC2OC(CO)C(COCC3OC(COCC4OC(CO)C(COC)C(O)C4O)C(COCC4OC(CO)C(COC)C(O)C4O)C(O)C3O)C(O)C2O)C(O)C1O. The lowest BCUT2D eigenvalue weighted by Crippen LogP contribution is -2.60. The van der Waals surface area contributed by atoms with E-state index >= 15 is 0 Å². The molecule has 26 heteroatoms. The summed E-state index contributed by atoms with van der Waals surface area (Å²) >= 11 is 0. The fourth-order valence-corrected chi connectivity index (χ4v) is 9.90. The number of hydrogen-bond acceptors (Lipinski definition) is 26. The minimum absolute atomic E-state index is 0.000583. The van der Waals surface area contributed by atoms with Gasteiger partial charge in [0.1, 0.15) is 61.0 Å². The van der Waals surface area contributed by atoms with Gasteiger partial charge in [-0.2, -0.15) is 0 Å². The van der Waals surface area contributed by atoms with E-state index in [-0.39, 0.29) is 66.1 Å². The maximum absolute atomic E-state index is 11.5. The Hall–Kier alpha value is -1.04. The van der Waals surface area contributed by atoms with E-state index in [1.165, 1.54) is 21.3 Å². The van der Waals surface area contributed by atoms with Gasteiger partial charge in [0.2, 0.25) is 0 Å². The summed E-state index contributed by atoms with van der Waals surface area (Å²) in [6.45, 7) is -4.69. The van der Waals surface area contributed by atoms with Crippen molar-refractivity contribution in [1.29, 1.82) is 0 Å². The maximum Gasteiger partial charge on any atom is 0.110 e. The summed E-state index contributed by atoms with van der Waals surface area (Å²) in [5.74, 6) is -4.39. The second kappa shape index (κ2) is 28.6. The smallest absolute Gasteiger partial charge is 0.110 e. The average Bonchev–Trinajstić information content (AvgIpc) is 3.34. The van der Waals surface area contributed by atoms with Gasteiger partial charge in [-0.1, -0.05) is 0 Å². The zero-order valence-corrected chi connectivity index (χ0v) is 39.2. The molecule has 5 saturated heterocycles. The highest BCUT2D eigenvalue weighted by atomic mass is 16.6. The number of aliphatic hydroxyl groups is 14. The first kappa shape index (κ1) is 58.8. The minimum atomic E-state index is -1.61. The van der Waals surface area contributed by atoms with Gasteiger partial charge in [0.25, 0.3) is 0 Å². The first-order chi connectivity index (χ1) is 33.1. The Morgan fingerprint density at radius 1 is 0.246 bits per heavy atom. The van der Waals surface area contributed by atoms with E-state index in [0.29, 0.717) is 0 Å². The molecular weight excluding hydrogens is 932 g/mol. The van der Waals surface area contributed by atoms with Gasteiger partial charge >= 0.3 is 0 Å². The Morgan fingerprint density at radius 3 is 0.710 bits per heavy atom. The van der Waals surface area contributed by atoms with Crippen molar-refractivity contribution in [2.75, 3.05) is 120 Å². The van der Waals surface area contributed by atoms with E-state index in [1.54, 1.807) is 0 Å². The number of methoxy groups -OCH3 is 3. The van der Waals surface area contributed by atoms with Crippen molar-refractivity contribution in [1.82, 2.24) is 0 Å². The summed E-state index contributed by atoms with van der Waals surface area (Å²) in [7, 11) is 4.19. The monoisotopic (exact) mass is 1010 g/mol. The third-order valence-corrected chi connectivity index (χ3v) is 14.1. The Labute approximate surface area is 400 Å². The lowest BCUT2D eigenvalue weighted by molar-refractivity contribution is -0.256. The lowest BCUT2D eigenvalue weighted by Gasteiger charge is -2.45. The zero-order valence-electron chi connectivity index (χ0n) is 39.2. The quantitative estimate of drug-likeness (QED) is 0.0383. The predicted molar refractivity (Wildman–Crippen MR) is 228 cm³/mol. The zero-order chi connectivity index (χ0) is 50.5. The largest absolute Gasteiger partial charge is 0.394 e. The average molecular weight is 1010 g/mol. The van der Waals surface area contributed by atoms with Crippen LogP contribution in [0, 0.1) is 29.6 Å². The first-order valence-corrected chi connectivity index (χ1v) is 23.4. The molecule has 14 N–H and O–H groups in total. The second-order valence-electron chi connectivity index (χ2n) is 18.5. The Kier molecular flexibility index (Phi) is 24.4. The van der Waals surface area contributed by atoms with Crippen molar-refractivity contribution >= 4 is 0 Å².